The molecule has 0 aromatic heterocycles. The molecular weight excluding hydrogens is 332 g/mol. The average molecular weight is 356 g/mol. The van der Waals surface area contributed by atoms with Gasteiger partial charge in [0.1, 0.15) is 0 Å². The summed E-state index contributed by atoms with van der Waals surface area (Å²) in [5.74, 6) is -0.919. The first kappa shape index (κ1) is 18.3. The molecule has 3 rings (SSSR count). The van der Waals surface area contributed by atoms with Crippen molar-refractivity contribution in [3.63, 3.8) is 0 Å². The van der Waals surface area contributed by atoms with Crippen LogP contribution in [0.15, 0.2) is 42.5 Å². The number of fused-ring (bicyclic) bond motifs is 1. The van der Waals surface area contributed by atoms with Crippen molar-refractivity contribution >= 4 is 17.7 Å². The van der Waals surface area contributed by atoms with Crippen molar-refractivity contribution < 1.29 is 19.1 Å². The summed E-state index contributed by atoms with van der Waals surface area (Å²) >= 11 is 0. The number of nitrogens with one attached hydrogen (secondary N) is 1. The Labute approximate surface area is 153 Å². The van der Waals surface area contributed by atoms with Crippen molar-refractivity contribution in [3.05, 3.63) is 48.0 Å². The van der Waals surface area contributed by atoms with Crippen molar-refractivity contribution in [2.45, 2.75) is 25.9 Å². The standard InChI is InChI=1S/C20H24N2O4/c23-18(21-11-13-26-14-15-6-2-1-3-7-15)10-12-22-19(24)16-8-4-5-9-17(16)20(22)25/h1-7,16-17H,8-14H2,(H,21,23)/t16-,17+. The highest BCUT2D eigenvalue weighted by atomic mass is 16.5. The lowest BCUT2D eigenvalue weighted by molar-refractivity contribution is -0.140. The number of carbonyl (C=O) groups excluding carboxylic acids is 3. The molecule has 1 fully saturated rings. The zero-order chi connectivity index (χ0) is 18.4. The van der Waals surface area contributed by atoms with E-state index in [1.807, 2.05) is 42.5 Å². The Hall–Kier alpha value is -2.47. The van der Waals surface area contributed by atoms with Gasteiger partial charge in [-0.3, -0.25) is 19.3 Å². The summed E-state index contributed by atoms with van der Waals surface area (Å²) in [5, 5.41) is 2.76. The maximum atomic E-state index is 12.3. The number of ether oxygens (including phenoxy) is 1. The lowest BCUT2D eigenvalue weighted by Crippen LogP contribution is -2.36. The minimum absolute atomic E-state index is 0.128. The second-order valence-corrected chi connectivity index (χ2v) is 6.62. The summed E-state index contributed by atoms with van der Waals surface area (Å²) in [6.07, 6.45) is 5.28. The zero-order valence-electron chi connectivity index (χ0n) is 14.7. The van der Waals surface area contributed by atoms with Crippen LogP contribution in [0.25, 0.3) is 0 Å². The molecule has 0 spiro atoms. The van der Waals surface area contributed by atoms with E-state index in [-0.39, 0.29) is 42.5 Å². The van der Waals surface area contributed by atoms with Gasteiger partial charge in [0.2, 0.25) is 17.7 Å². The van der Waals surface area contributed by atoms with E-state index >= 15 is 0 Å². The Bertz CT molecular complexity index is 660. The van der Waals surface area contributed by atoms with Gasteiger partial charge >= 0.3 is 0 Å². The Balaban J connectivity index is 1.33. The number of imide groups is 1. The number of allylic oxidation sites excluding steroid dienone is 2. The van der Waals surface area contributed by atoms with Gasteiger partial charge in [-0.2, -0.15) is 0 Å². The van der Waals surface area contributed by atoms with Crippen molar-refractivity contribution in [3.8, 4) is 0 Å². The number of nitrogens with zero attached hydrogens (tertiary/aromatic N) is 1. The predicted octanol–water partition coefficient (Wildman–Crippen LogP) is 1.66. The third kappa shape index (κ3) is 4.38. The number of hydrogen-bond acceptors (Lipinski definition) is 4. The van der Waals surface area contributed by atoms with Crippen molar-refractivity contribution in [1.29, 1.82) is 0 Å². The summed E-state index contributed by atoms with van der Waals surface area (Å²) in [6.45, 7) is 1.48. The quantitative estimate of drug-likeness (QED) is 0.437. The van der Waals surface area contributed by atoms with E-state index in [9.17, 15) is 14.4 Å². The fraction of sp³-hybridized carbons (Fsp3) is 0.450. The molecular formula is C20H24N2O4. The van der Waals surface area contributed by atoms with Crippen LogP contribution < -0.4 is 5.32 Å². The molecule has 0 radical (unpaired) electrons. The summed E-state index contributed by atoms with van der Waals surface area (Å²) in [7, 11) is 0. The molecule has 2 atom stereocenters. The number of benzene rings is 1. The molecule has 2 aliphatic rings. The fourth-order valence-corrected chi connectivity index (χ4v) is 3.42. The largest absolute Gasteiger partial charge is 0.375 e. The van der Waals surface area contributed by atoms with Crippen LogP contribution in [0.4, 0.5) is 0 Å². The Morgan fingerprint density at radius 1 is 1.08 bits per heavy atom. The maximum absolute atomic E-state index is 12.3. The second kappa shape index (κ2) is 8.76. The van der Waals surface area contributed by atoms with Crippen LogP contribution in [0.1, 0.15) is 24.8 Å². The highest BCUT2D eigenvalue weighted by molar-refractivity contribution is 6.05. The van der Waals surface area contributed by atoms with E-state index in [0.717, 1.165) is 5.56 Å². The van der Waals surface area contributed by atoms with Gasteiger partial charge in [0.15, 0.2) is 0 Å². The van der Waals surface area contributed by atoms with Gasteiger partial charge in [0.05, 0.1) is 25.0 Å². The lowest BCUT2D eigenvalue weighted by atomic mass is 9.85. The van der Waals surface area contributed by atoms with Crippen LogP contribution in [-0.4, -0.2) is 42.3 Å². The van der Waals surface area contributed by atoms with E-state index in [1.54, 1.807) is 0 Å². The van der Waals surface area contributed by atoms with E-state index < -0.39 is 0 Å². The van der Waals surface area contributed by atoms with Crippen LogP contribution >= 0.6 is 0 Å². The van der Waals surface area contributed by atoms with Gasteiger partial charge in [-0.15, -0.1) is 0 Å². The SMILES string of the molecule is O=C(CCN1C(=O)[C@H]2CC=CC[C@H]2C1=O)NCCOCc1ccccc1. The predicted molar refractivity (Wildman–Crippen MR) is 95.8 cm³/mol. The van der Waals surface area contributed by atoms with E-state index in [0.29, 0.717) is 32.6 Å². The van der Waals surface area contributed by atoms with Crippen molar-refractivity contribution in [2.24, 2.45) is 11.8 Å². The number of rotatable bonds is 8. The van der Waals surface area contributed by atoms with Crippen molar-refractivity contribution in [2.75, 3.05) is 19.7 Å². The van der Waals surface area contributed by atoms with E-state index in [2.05, 4.69) is 5.32 Å². The van der Waals surface area contributed by atoms with E-state index in [1.165, 1.54) is 4.90 Å². The zero-order valence-corrected chi connectivity index (χ0v) is 14.7. The molecule has 138 valence electrons. The van der Waals surface area contributed by atoms with Crippen LogP contribution in [0.2, 0.25) is 0 Å². The molecule has 1 aliphatic carbocycles. The van der Waals surface area contributed by atoms with Crippen LogP contribution in [-0.2, 0) is 25.7 Å². The molecule has 0 saturated carbocycles. The minimum Gasteiger partial charge on any atom is -0.375 e. The van der Waals surface area contributed by atoms with Crippen molar-refractivity contribution in [1.82, 2.24) is 10.2 Å². The average Bonchev–Trinajstić information content (AvgIpc) is 2.91. The number of amides is 3. The fourth-order valence-electron chi connectivity index (χ4n) is 3.42. The summed E-state index contributed by atoms with van der Waals surface area (Å²) < 4.78 is 5.51. The second-order valence-electron chi connectivity index (χ2n) is 6.62. The third-order valence-electron chi connectivity index (χ3n) is 4.84. The number of hydrogen-bond donors (Lipinski definition) is 1. The molecule has 0 unspecified atom stereocenters. The van der Waals surface area contributed by atoms with Gasteiger partial charge in [0, 0.05) is 19.5 Å². The highest BCUT2D eigenvalue weighted by Gasteiger charge is 2.46. The van der Waals surface area contributed by atoms with Crippen LogP contribution in [0.3, 0.4) is 0 Å². The molecule has 1 aromatic rings. The number of likely N-dealkylation sites (tertiary alicyclic amines) is 1. The lowest BCUT2D eigenvalue weighted by Gasteiger charge is -2.14. The van der Waals surface area contributed by atoms with Gasteiger partial charge in [-0.1, -0.05) is 42.5 Å². The summed E-state index contributed by atoms with van der Waals surface area (Å²) in [5.41, 5.74) is 1.08. The first-order chi connectivity index (χ1) is 12.7. The monoisotopic (exact) mass is 356 g/mol. The van der Waals surface area contributed by atoms with Crippen LogP contribution in [0, 0.1) is 11.8 Å². The molecule has 1 heterocycles. The molecule has 1 saturated heterocycles. The molecule has 0 bridgehead atoms. The normalized spacial score (nSPS) is 21.8. The Morgan fingerprint density at radius 2 is 1.73 bits per heavy atom. The molecule has 1 aliphatic heterocycles. The first-order valence-electron chi connectivity index (χ1n) is 9.05. The first-order valence-corrected chi connectivity index (χ1v) is 9.05. The Kier molecular flexibility index (Phi) is 6.17. The van der Waals surface area contributed by atoms with Crippen LogP contribution in [0.5, 0.6) is 0 Å². The summed E-state index contributed by atoms with van der Waals surface area (Å²) in [6, 6.07) is 9.82. The van der Waals surface area contributed by atoms with Gasteiger partial charge in [-0.25, -0.2) is 0 Å². The summed E-state index contributed by atoms with van der Waals surface area (Å²) in [4.78, 5) is 37.8. The van der Waals surface area contributed by atoms with Gasteiger partial charge in [0.25, 0.3) is 0 Å². The van der Waals surface area contributed by atoms with Gasteiger partial charge < -0.3 is 10.1 Å². The molecule has 1 N–H and O–H groups in total. The number of carbonyl (C=O) groups is 3. The molecule has 1 aromatic carbocycles. The molecule has 6 heteroatoms. The maximum Gasteiger partial charge on any atom is 0.233 e. The molecule has 3 amide bonds. The smallest absolute Gasteiger partial charge is 0.233 e. The van der Waals surface area contributed by atoms with E-state index in [4.69, 9.17) is 4.74 Å². The van der Waals surface area contributed by atoms with Gasteiger partial charge in [-0.05, 0) is 18.4 Å². The highest BCUT2D eigenvalue weighted by Crippen LogP contribution is 2.34. The molecule has 26 heavy (non-hydrogen) atoms. The topological polar surface area (TPSA) is 75.7 Å². The third-order valence-corrected chi connectivity index (χ3v) is 4.84. The Morgan fingerprint density at radius 3 is 2.38 bits per heavy atom. The minimum atomic E-state index is -0.234. The molecule has 6 nitrogen and oxygen atoms in total.